The van der Waals surface area contributed by atoms with Crippen molar-refractivity contribution in [1.82, 2.24) is 9.99 Å². The molecule has 1 aliphatic heterocycles. The highest BCUT2D eigenvalue weighted by Crippen LogP contribution is 2.26. The van der Waals surface area contributed by atoms with Gasteiger partial charge in [0.2, 0.25) is 0 Å². The fraction of sp³-hybridized carbons (Fsp3) is 0.263. The quantitative estimate of drug-likeness (QED) is 0.429. The molecule has 3 rings (SSSR count). The van der Waals surface area contributed by atoms with Crippen LogP contribution in [0.3, 0.4) is 0 Å². The fourth-order valence-corrected chi connectivity index (χ4v) is 3.37. The third-order valence-corrected chi connectivity index (χ3v) is 4.45. The lowest BCUT2D eigenvalue weighted by atomic mass is 9.96. The molecular weight excluding hydrogens is 405 g/mol. The molecule has 146 valence electrons. The summed E-state index contributed by atoms with van der Waals surface area (Å²) in [4.78, 5) is 28.2. The minimum absolute atomic E-state index is 0.105. The molecule has 0 fully saturated rings. The molecule has 1 aliphatic rings. The van der Waals surface area contributed by atoms with Gasteiger partial charge in [0.15, 0.2) is 0 Å². The Morgan fingerprint density at radius 3 is 2.54 bits per heavy atom. The second kappa shape index (κ2) is 8.58. The van der Waals surface area contributed by atoms with Crippen LogP contribution >= 0.6 is 23.2 Å². The van der Waals surface area contributed by atoms with E-state index in [4.69, 9.17) is 32.7 Å². The highest BCUT2D eigenvalue weighted by atomic mass is 35.5. The SMILES string of the molecule is CCOC(=O)C(=O)N1Cc2cc(OC)ccc2C(Cc2cc(Cl)nc(Cl)c2)=N1. The van der Waals surface area contributed by atoms with Gasteiger partial charge < -0.3 is 9.47 Å². The number of halogens is 2. The van der Waals surface area contributed by atoms with Crippen molar-refractivity contribution in [2.24, 2.45) is 5.10 Å². The van der Waals surface area contributed by atoms with E-state index in [2.05, 4.69) is 10.1 Å². The van der Waals surface area contributed by atoms with Crippen LogP contribution in [0.5, 0.6) is 5.75 Å². The van der Waals surface area contributed by atoms with Gasteiger partial charge in [-0.15, -0.1) is 0 Å². The number of aromatic nitrogens is 1. The number of hydrazone groups is 1. The Balaban J connectivity index is 2.00. The number of ether oxygens (including phenoxy) is 2. The van der Waals surface area contributed by atoms with Gasteiger partial charge in [-0.2, -0.15) is 5.10 Å². The smallest absolute Gasteiger partial charge is 0.398 e. The minimum atomic E-state index is -0.952. The molecule has 0 aliphatic carbocycles. The Bertz CT molecular complexity index is 942. The van der Waals surface area contributed by atoms with Crippen LogP contribution in [0.1, 0.15) is 23.6 Å². The first-order valence-corrected chi connectivity index (χ1v) is 9.22. The first kappa shape index (κ1) is 20.1. The Kier molecular flexibility index (Phi) is 6.16. The zero-order valence-electron chi connectivity index (χ0n) is 15.2. The molecule has 0 saturated heterocycles. The van der Waals surface area contributed by atoms with Crippen LogP contribution in [0.2, 0.25) is 10.3 Å². The molecule has 0 unspecified atom stereocenters. The molecule has 7 nitrogen and oxygen atoms in total. The maximum Gasteiger partial charge on any atom is 0.398 e. The zero-order chi connectivity index (χ0) is 20.3. The van der Waals surface area contributed by atoms with Crippen LogP contribution < -0.4 is 4.74 Å². The molecule has 2 aromatic rings. The molecule has 2 heterocycles. The van der Waals surface area contributed by atoms with Crippen molar-refractivity contribution in [1.29, 1.82) is 0 Å². The van der Waals surface area contributed by atoms with E-state index in [-0.39, 0.29) is 23.5 Å². The number of benzene rings is 1. The standard InChI is InChI=1S/C19H17Cl2N3O4/c1-3-28-19(26)18(25)24-10-12-9-13(27-2)4-5-14(12)15(23-24)6-11-7-16(20)22-17(21)8-11/h4-5,7-9H,3,6,10H2,1-2H3. The predicted molar refractivity (Wildman–Crippen MR) is 105 cm³/mol. The molecule has 0 N–H and O–H groups in total. The largest absolute Gasteiger partial charge is 0.497 e. The van der Waals surface area contributed by atoms with E-state index >= 15 is 0 Å². The molecule has 0 saturated carbocycles. The van der Waals surface area contributed by atoms with E-state index in [0.717, 1.165) is 21.7 Å². The van der Waals surface area contributed by atoms with Gasteiger partial charge in [0.25, 0.3) is 0 Å². The van der Waals surface area contributed by atoms with Crippen LogP contribution in [0.15, 0.2) is 35.4 Å². The number of fused-ring (bicyclic) bond motifs is 1. The molecule has 0 bridgehead atoms. The van der Waals surface area contributed by atoms with Gasteiger partial charge in [-0.3, -0.25) is 4.79 Å². The van der Waals surface area contributed by atoms with Crippen molar-refractivity contribution in [3.63, 3.8) is 0 Å². The summed E-state index contributed by atoms with van der Waals surface area (Å²) in [5, 5.41) is 6.00. The predicted octanol–water partition coefficient (Wildman–Crippen LogP) is 3.25. The first-order chi connectivity index (χ1) is 13.4. The average Bonchev–Trinajstić information content (AvgIpc) is 2.66. The molecule has 0 spiro atoms. The summed E-state index contributed by atoms with van der Waals surface area (Å²) in [6.45, 7) is 1.87. The van der Waals surface area contributed by atoms with Crippen LogP contribution in [-0.2, 0) is 27.3 Å². The van der Waals surface area contributed by atoms with E-state index < -0.39 is 11.9 Å². The number of carbonyl (C=O) groups excluding carboxylic acids is 2. The van der Waals surface area contributed by atoms with Gasteiger partial charge in [-0.05, 0) is 48.4 Å². The summed E-state index contributed by atoms with van der Waals surface area (Å²) in [6, 6.07) is 8.83. The first-order valence-electron chi connectivity index (χ1n) is 8.46. The number of amides is 1. The van der Waals surface area contributed by atoms with Gasteiger partial charge in [0.1, 0.15) is 16.1 Å². The maximum absolute atomic E-state index is 12.4. The third-order valence-electron chi connectivity index (χ3n) is 4.06. The van der Waals surface area contributed by atoms with Crippen molar-refractivity contribution in [3.8, 4) is 5.75 Å². The Morgan fingerprint density at radius 2 is 1.89 bits per heavy atom. The lowest BCUT2D eigenvalue weighted by Crippen LogP contribution is -2.37. The number of hydrogen-bond acceptors (Lipinski definition) is 6. The van der Waals surface area contributed by atoms with Crippen LogP contribution in [-0.4, -0.2) is 41.3 Å². The number of rotatable bonds is 4. The van der Waals surface area contributed by atoms with E-state index in [9.17, 15) is 9.59 Å². The summed E-state index contributed by atoms with van der Waals surface area (Å²) in [6.07, 6.45) is 0.341. The topological polar surface area (TPSA) is 81.1 Å². The van der Waals surface area contributed by atoms with Gasteiger partial charge in [0.05, 0.1) is 26.0 Å². The Morgan fingerprint density at radius 1 is 1.18 bits per heavy atom. The van der Waals surface area contributed by atoms with Crippen molar-refractivity contribution in [2.75, 3.05) is 13.7 Å². The molecule has 1 aromatic heterocycles. The highest BCUT2D eigenvalue weighted by Gasteiger charge is 2.29. The lowest BCUT2D eigenvalue weighted by molar-refractivity contribution is -0.160. The van der Waals surface area contributed by atoms with Crippen molar-refractivity contribution in [2.45, 2.75) is 19.9 Å². The van der Waals surface area contributed by atoms with Crippen molar-refractivity contribution >= 4 is 40.8 Å². The van der Waals surface area contributed by atoms with Crippen LogP contribution in [0, 0.1) is 0 Å². The highest BCUT2D eigenvalue weighted by molar-refractivity contribution is 6.33. The molecule has 1 amide bonds. The minimum Gasteiger partial charge on any atom is -0.497 e. The zero-order valence-corrected chi connectivity index (χ0v) is 16.8. The molecule has 28 heavy (non-hydrogen) atoms. The van der Waals surface area contributed by atoms with Gasteiger partial charge in [-0.25, -0.2) is 14.8 Å². The van der Waals surface area contributed by atoms with Crippen molar-refractivity contribution < 1.29 is 19.1 Å². The Labute approximate surface area is 171 Å². The second-order valence-corrected chi connectivity index (χ2v) is 6.73. The van der Waals surface area contributed by atoms with E-state index in [1.54, 1.807) is 26.2 Å². The molecule has 9 heteroatoms. The van der Waals surface area contributed by atoms with Gasteiger partial charge in [0, 0.05) is 12.0 Å². The maximum atomic E-state index is 12.4. The monoisotopic (exact) mass is 421 g/mol. The normalized spacial score (nSPS) is 12.9. The summed E-state index contributed by atoms with van der Waals surface area (Å²) >= 11 is 12.0. The number of hydrogen-bond donors (Lipinski definition) is 0. The van der Waals surface area contributed by atoms with E-state index in [0.29, 0.717) is 17.9 Å². The third kappa shape index (κ3) is 4.43. The van der Waals surface area contributed by atoms with Gasteiger partial charge in [-0.1, -0.05) is 23.2 Å². The number of pyridine rings is 1. The summed E-state index contributed by atoms with van der Waals surface area (Å²) in [5.74, 6) is -1.15. The molecule has 1 aromatic carbocycles. The molecule has 0 atom stereocenters. The van der Waals surface area contributed by atoms with Crippen LogP contribution in [0.4, 0.5) is 0 Å². The van der Waals surface area contributed by atoms with Crippen molar-refractivity contribution in [3.05, 3.63) is 57.3 Å². The van der Waals surface area contributed by atoms with Gasteiger partial charge >= 0.3 is 11.9 Å². The van der Waals surface area contributed by atoms with E-state index in [1.807, 2.05) is 18.2 Å². The number of methoxy groups -OCH3 is 1. The lowest BCUT2D eigenvalue weighted by Gasteiger charge is -2.26. The summed E-state index contributed by atoms with van der Waals surface area (Å²) < 4.78 is 10.1. The second-order valence-electron chi connectivity index (χ2n) is 5.95. The Hall–Kier alpha value is -2.64. The number of carbonyl (C=O) groups is 2. The fourth-order valence-electron chi connectivity index (χ4n) is 2.86. The van der Waals surface area contributed by atoms with Crippen LogP contribution in [0.25, 0.3) is 0 Å². The summed E-state index contributed by atoms with van der Waals surface area (Å²) in [7, 11) is 1.56. The summed E-state index contributed by atoms with van der Waals surface area (Å²) in [5.41, 5.74) is 3.00. The number of nitrogens with zero attached hydrogens (tertiary/aromatic N) is 3. The molecule has 0 radical (unpaired) electrons. The molecular formula is C19H17Cl2N3O4. The average molecular weight is 422 g/mol. The number of esters is 1. The van der Waals surface area contributed by atoms with E-state index in [1.165, 1.54) is 0 Å².